The van der Waals surface area contributed by atoms with Gasteiger partial charge in [0.1, 0.15) is 29.4 Å². The third-order valence-corrected chi connectivity index (χ3v) is 8.48. The van der Waals surface area contributed by atoms with Crippen LogP contribution in [-0.2, 0) is 22.5 Å². The third kappa shape index (κ3) is 8.18. The van der Waals surface area contributed by atoms with Gasteiger partial charge in [0.15, 0.2) is 11.0 Å². The number of phenolic OH excluding ortho intramolecular Hbond substituents is 1. The first-order valence-electron chi connectivity index (χ1n) is 13.9. The van der Waals surface area contributed by atoms with E-state index >= 15 is 0 Å². The molecule has 4 rings (SSSR count). The minimum absolute atomic E-state index is 0.104. The zero-order chi connectivity index (χ0) is 30.3. The molecule has 9 nitrogen and oxygen atoms in total. The molecule has 1 aromatic heterocycles. The number of hydrogen-bond acceptors (Lipinski definition) is 6. The van der Waals surface area contributed by atoms with Crippen LogP contribution in [0.5, 0.6) is 5.75 Å². The van der Waals surface area contributed by atoms with Crippen molar-refractivity contribution in [1.29, 1.82) is 0 Å². The third-order valence-electron chi connectivity index (χ3n) is 7.24. The molecule has 42 heavy (non-hydrogen) atoms. The molecule has 0 radical (unpaired) electrons. The Labute approximate surface area is 254 Å². The first-order valence-corrected chi connectivity index (χ1v) is 15.1. The highest BCUT2D eigenvalue weighted by atomic mass is 35.5. The lowest BCUT2D eigenvalue weighted by atomic mass is 10.0. The summed E-state index contributed by atoms with van der Waals surface area (Å²) in [7, 11) is 2.14. The lowest BCUT2D eigenvalue weighted by Gasteiger charge is -2.38. The largest absolute Gasteiger partial charge is 0.508 e. The molecular formula is C31H37ClN4O5S+2. The summed E-state index contributed by atoms with van der Waals surface area (Å²) in [5.41, 5.74) is 8.62. The number of aromatic hydroxyl groups is 1. The molecule has 2 aromatic carbocycles. The predicted octanol–water partition coefficient (Wildman–Crippen LogP) is 5.20. The van der Waals surface area contributed by atoms with Crippen LogP contribution in [0.15, 0.2) is 60.7 Å². The highest BCUT2D eigenvalue weighted by Gasteiger charge is 2.39. The van der Waals surface area contributed by atoms with Gasteiger partial charge in [-0.25, -0.2) is 4.79 Å². The van der Waals surface area contributed by atoms with Gasteiger partial charge in [-0.15, -0.1) is 0 Å². The van der Waals surface area contributed by atoms with E-state index in [1.165, 1.54) is 16.7 Å². The van der Waals surface area contributed by atoms with Gasteiger partial charge >= 0.3 is 12.0 Å². The fourth-order valence-corrected chi connectivity index (χ4v) is 6.17. The molecule has 1 saturated heterocycles. The number of piperidine rings is 1. The summed E-state index contributed by atoms with van der Waals surface area (Å²) >= 11 is 7.20. The number of ether oxygens (including phenoxy) is 1. The lowest BCUT2D eigenvalue weighted by Crippen LogP contribution is -2.56. The molecule has 222 valence electrons. The number of amides is 3. The number of primary amides is 1. The quantitative estimate of drug-likeness (QED) is 0.165. The van der Waals surface area contributed by atoms with Crippen molar-refractivity contribution in [2.45, 2.75) is 45.2 Å². The first-order chi connectivity index (χ1) is 20.1. The Morgan fingerprint density at radius 1 is 1.10 bits per heavy atom. The molecule has 1 fully saturated rings. The summed E-state index contributed by atoms with van der Waals surface area (Å²) in [5, 5.41) is 13.8. The molecule has 0 spiro atoms. The molecule has 3 amide bonds. The molecule has 11 heteroatoms. The van der Waals surface area contributed by atoms with Crippen molar-refractivity contribution in [1.82, 2.24) is 0 Å². The summed E-state index contributed by atoms with van der Waals surface area (Å²) in [6.45, 7) is 4.39. The Morgan fingerprint density at radius 2 is 1.79 bits per heavy atom. The number of quaternary nitrogens is 1. The lowest BCUT2D eigenvalue weighted by molar-refractivity contribution is -0.918. The van der Waals surface area contributed by atoms with Crippen LogP contribution in [0.2, 0.25) is 5.02 Å². The van der Waals surface area contributed by atoms with Gasteiger partial charge in [-0.1, -0.05) is 54.1 Å². The van der Waals surface area contributed by atoms with Gasteiger partial charge in [0.05, 0.1) is 20.2 Å². The molecular weight excluding hydrogens is 576 g/mol. The maximum absolute atomic E-state index is 14.0. The Balaban J connectivity index is 1.68. The van der Waals surface area contributed by atoms with E-state index in [-0.39, 0.29) is 12.2 Å². The number of nitrogens with zero attached hydrogens (tertiary/aromatic N) is 2. The zero-order valence-corrected chi connectivity index (χ0v) is 25.4. The average molecular weight is 613 g/mol. The first kappa shape index (κ1) is 31.2. The normalized spacial score (nSPS) is 18.6. The van der Waals surface area contributed by atoms with Crippen molar-refractivity contribution in [3.05, 3.63) is 81.7 Å². The molecule has 1 aliphatic rings. The number of carbonyl (C=O) groups is 3. The Bertz CT molecular complexity index is 1450. The van der Waals surface area contributed by atoms with E-state index in [2.05, 4.69) is 12.4 Å². The zero-order valence-electron chi connectivity index (χ0n) is 23.8. The minimum atomic E-state index is -0.972. The number of esters is 1. The molecule has 0 aliphatic carbocycles. The van der Waals surface area contributed by atoms with E-state index in [1.807, 2.05) is 31.2 Å². The number of hydrogen-bond donors (Lipinski definition) is 3. The van der Waals surface area contributed by atoms with Gasteiger partial charge in [-0.2, -0.15) is 14.7 Å². The second kappa shape index (κ2) is 14.0. The van der Waals surface area contributed by atoms with E-state index in [0.717, 1.165) is 47.7 Å². The van der Waals surface area contributed by atoms with Crippen LogP contribution < -0.4 is 11.1 Å². The molecule has 1 unspecified atom stereocenters. The van der Waals surface area contributed by atoms with Crippen LogP contribution in [0.25, 0.3) is 0 Å². The number of rotatable bonds is 10. The van der Waals surface area contributed by atoms with Crippen molar-refractivity contribution >= 4 is 51.6 Å². The average Bonchev–Trinajstić information content (AvgIpc) is 3.42. The SMILES string of the molecule is CCCOC(=O)c1ccc(NC(=O)/[N+](=C2/CCC[N+](C)(Cc3ccc(Cl)cc3)C2)[C@@H](Cc2ccc(O)cc2)C(N)=O)s1. The van der Waals surface area contributed by atoms with Crippen molar-refractivity contribution in [2.24, 2.45) is 5.73 Å². The van der Waals surface area contributed by atoms with E-state index in [0.29, 0.717) is 45.4 Å². The smallest absolute Gasteiger partial charge is 0.497 e. The van der Waals surface area contributed by atoms with Crippen LogP contribution in [0.4, 0.5) is 9.80 Å². The number of anilines is 1. The topological polar surface area (TPSA) is 122 Å². The van der Waals surface area contributed by atoms with Crippen LogP contribution >= 0.6 is 22.9 Å². The van der Waals surface area contributed by atoms with Gasteiger partial charge in [0.2, 0.25) is 0 Å². The summed E-state index contributed by atoms with van der Waals surface area (Å²) in [5.74, 6) is -0.983. The van der Waals surface area contributed by atoms with Gasteiger partial charge < -0.3 is 20.1 Å². The molecule has 0 saturated carbocycles. The standard InChI is InChI=1S/C31H35ClN4O5S/c1-3-17-41-30(39)27-14-15-28(42-27)34-31(40)35(26(29(33)38)18-21-8-12-25(37)13-9-21)24-5-4-16-36(2,20-24)19-22-6-10-23(32)11-7-22/h6-15,26H,3-5,16-20H2,1-2H3,(H2-2,33,34,37,38,39,40)/p+2/b35-24-/t26-,36?/m0/s1. The molecule has 2 atom stereocenters. The summed E-state index contributed by atoms with van der Waals surface area (Å²) in [6, 6.07) is 16.0. The van der Waals surface area contributed by atoms with Crippen molar-refractivity contribution < 1.29 is 33.3 Å². The second-order valence-electron chi connectivity index (χ2n) is 10.8. The van der Waals surface area contributed by atoms with Crippen LogP contribution in [-0.4, -0.2) is 70.6 Å². The van der Waals surface area contributed by atoms with Crippen LogP contribution in [0, 0.1) is 0 Å². The number of thiophene rings is 1. The number of nitrogens with one attached hydrogen (secondary N) is 1. The highest BCUT2D eigenvalue weighted by Crippen LogP contribution is 2.25. The highest BCUT2D eigenvalue weighted by molar-refractivity contribution is 7.18. The van der Waals surface area contributed by atoms with E-state index in [4.69, 9.17) is 22.1 Å². The second-order valence-corrected chi connectivity index (χ2v) is 12.4. The number of halogens is 1. The summed E-state index contributed by atoms with van der Waals surface area (Å²) < 4.78 is 7.35. The number of urea groups is 1. The molecule has 1 aliphatic heterocycles. The Kier molecular flexibility index (Phi) is 10.4. The Hall–Kier alpha value is -3.73. The summed E-state index contributed by atoms with van der Waals surface area (Å²) in [6.07, 6.45) is 2.33. The van der Waals surface area contributed by atoms with Gasteiger partial charge in [0.25, 0.3) is 5.91 Å². The van der Waals surface area contributed by atoms with E-state index in [9.17, 15) is 19.5 Å². The predicted molar refractivity (Wildman–Crippen MR) is 164 cm³/mol. The minimum Gasteiger partial charge on any atom is -0.508 e. The number of phenols is 1. The van der Waals surface area contributed by atoms with Gasteiger partial charge in [-0.05, 0) is 48.4 Å². The van der Waals surface area contributed by atoms with Gasteiger partial charge in [0, 0.05) is 29.8 Å². The number of carbonyl (C=O) groups excluding carboxylic acids is 3. The maximum atomic E-state index is 14.0. The Morgan fingerprint density at radius 3 is 2.45 bits per heavy atom. The summed E-state index contributed by atoms with van der Waals surface area (Å²) in [4.78, 5) is 39.6. The van der Waals surface area contributed by atoms with E-state index < -0.39 is 23.9 Å². The fraction of sp³-hybridized carbons (Fsp3) is 0.355. The van der Waals surface area contributed by atoms with Crippen molar-refractivity contribution in [3.63, 3.8) is 0 Å². The monoisotopic (exact) mass is 612 g/mol. The number of benzene rings is 2. The molecule has 4 N–H and O–H groups in total. The maximum Gasteiger partial charge on any atom is 0.497 e. The molecule has 0 bridgehead atoms. The molecule has 2 heterocycles. The van der Waals surface area contributed by atoms with Crippen LogP contribution in [0.3, 0.4) is 0 Å². The van der Waals surface area contributed by atoms with Gasteiger partial charge in [-0.3, -0.25) is 4.79 Å². The number of nitrogens with two attached hydrogens (primary N) is 1. The van der Waals surface area contributed by atoms with E-state index in [1.54, 1.807) is 24.3 Å². The van der Waals surface area contributed by atoms with Crippen molar-refractivity contribution in [2.75, 3.05) is 32.1 Å². The van der Waals surface area contributed by atoms with Crippen molar-refractivity contribution in [3.8, 4) is 5.75 Å². The fourth-order valence-electron chi connectivity index (χ4n) is 5.25. The molecule has 3 aromatic rings. The van der Waals surface area contributed by atoms with Crippen LogP contribution in [0.1, 0.15) is 47.0 Å². The number of likely N-dealkylation sites (tertiary alicyclic amines) is 1.